The number of nitrogens with one attached hydrogen (secondary N) is 2. The summed E-state index contributed by atoms with van der Waals surface area (Å²) in [5.74, 6) is 1.33. The second kappa shape index (κ2) is 7.82. The molecule has 3 heterocycles. The fourth-order valence-electron chi connectivity index (χ4n) is 4.42. The number of hydrogen-bond donors (Lipinski definition) is 3. The van der Waals surface area contributed by atoms with Gasteiger partial charge >= 0.3 is 6.18 Å². The Morgan fingerprint density at radius 1 is 1.31 bits per heavy atom. The van der Waals surface area contributed by atoms with E-state index in [0.29, 0.717) is 29.7 Å². The largest absolute Gasteiger partial charge is 0.435 e. The van der Waals surface area contributed by atoms with Crippen molar-refractivity contribution in [2.75, 3.05) is 28.3 Å². The third kappa shape index (κ3) is 4.05. The number of amides is 1. The second-order valence-electron chi connectivity index (χ2n) is 8.93. The van der Waals surface area contributed by atoms with Crippen LogP contribution in [0.2, 0.25) is 0 Å². The molecule has 1 aliphatic carbocycles. The minimum Gasteiger partial charge on any atom is -0.384 e. The molecular formula is C20H27F3N8O. The molecule has 4 rings (SSSR count). The summed E-state index contributed by atoms with van der Waals surface area (Å²) < 4.78 is 39.6. The van der Waals surface area contributed by atoms with Crippen molar-refractivity contribution >= 4 is 29.2 Å². The van der Waals surface area contributed by atoms with Gasteiger partial charge in [0, 0.05) is 25.7 Å². The van der Waals surface area contributed by atoms with Gasteiger partial charge in [0.2, 0.25) is 11.9 Å². The Balaban J connectivity index is 1.40. The minimum atomic E-state index is -4.51. The van der Waals surface area contributed by atoms with Crippen LogP contribution in [0, 0.1) is 18.8 Å². The van der Waals surface area contributed by atoms with Gasteiger partial charge in [-0.3, -0.25) is 4.79 Å². The molecule has 0 saturated heterocycles. The number of rotatable bonds is 5. The number of carbonyl (C=O) groups is 1. The van der Waals surface area contributed by atoms with Gasteiger partial charge in [-0.1, -0.05) is 13.8 Å². The zero-order chi connectivity index (χ0) is 23.4. The van der Waals surface area contributed by atoms with Crippen LogP contribution < -0.4 is 21.3 Å². The normalized spacial score (nSPS) is 23.1. The Bertz CT molecular complexity index is 1030. The van der Waals surface area contributed by atoms with Gasteiger partial charge in [-0.25, -0.2) is 9.67 Å². The molecule has 1 aliphatic heterocycles. The number of halogens is 3. The molecule has 4 N–H and O–H groups in total. The number of nitrogens with zero attached hydrogens (tertiary/aromatic N) is 5. The quantitative estimate of drug-likeness (QED) is 0.639. The first-order valence-electron chi connectivity index (χ1n) is 10.5. The van der Waals surface area contributed by atoms with Crippen LogP contribution in [0.3, 0.4) is 0 Å². The van der Waals surface area contributed by atoms with E-state index in [1.807, 2.05) is 32.7 Å². The van der Waals surface area contributed by atoms with Crippen LogP contribution >= 0.6 is 0 Å². The van der Waals surface area contributed by atoms with E-state index in [0.717, 1.165) is 18.9 Å². The van der Waals surface area contributed by atoms with E-state index in [1.54, 1.807) is 0 Å². The maximum absolute atomic E-state index is 12.8. The monoisotopic (exact) mass is 452 g/mol. The van der Waals surface area contributed by atoms with Gasteiger partial charge in [-0.05, 0) is 31.6 Å². The molecule has 2 aromatic heterocycles. The van der Waals surface area contributed by atoms with E-state index in [4.69, 9.17) is 5.73 Å². The number of alkyl halides is 3. The number of nitrogen functional groups attached to an aromatic ring is 1. The number of hydrogen-bond acceptors (Lipinski definition) is 7. The van der Waals surface area contributed by atoms with Crippen molar-refractivity contribution < 1.29 is 18.0 Å². The van der Waals surface area contributed by atoms with Gasteiger partial charge in [-0.2, -0.15) is 23.3 Å². The minimum absolute atomic E-state index is 0.00664. The average molecular weight is 452 g/mol. The van der Waals surface area contributed by atoms with Crippen LogP contribution in [0.4, 0.5) is 36.4 Å². The summed E-state index contributed by atoms with van der Waals surface area (Å²) in [5, 5.41) is 9.81. The number of carbonyl (C=O) groups excluding carboxylic acids is 1. The molecule has 32 heavy (non-hydrogen) atoms. The number of likely N-dealkylation sites (N-methyl/N-ethyl adjacent to an activating group) is 1. The Kier molecular flexibility index (Phi) is 5.41. The van der Waals surface area contributed by atoms with Gasteiger partial charge in [0.1, 0.15) is 17.5 Å². The van der Waals surface area contributed by atoms with Gasteiger partial charge < -0.3 is 21.3 Å². The predicted octanol–water partition coefficient (Wildman–Crippen LogP) is 2.89. The summed E-state index contributed by atoms with van der Waals surface area (Å²) in [4.78, 5) is 23.4. The van der Waals surface area contributed by atoms with E-state index in [2.05, 4.69) is 25.7 Å². The van der Waals surface area contributed by atoms with E-state index < -0.39 is 11.9 Å². The third-order valence-corrected chi connectivity index (χ3v) is 6.07. The van der Waals surface area contributed by atoms with Crippen molar-refractivity contribution in [3.8, 4) is 0 Å². The van der Waals surface area contributed by atoms with Crippen LogP contribution in [-0.4, -0.2) is 44.8 Å². The maximum Gasteiger partial charge on any atom is 0.435 e. The molecule has 1 atom stereocenters. The molecule has 1 saturated carbocycles. The highest BCUT2D eigenvalue weighted by molar-refractivity contribution is 6.03. The van der Waals surface area contributed by atoms with E-state index in [-0.39, 0.29) is 35.6 Å². The summed E-state index contributed by atoms with van der Waals surface area (Å²) in [7, 11) is 1.85. The Morgan fingerprint density at radius 2 is 2.00 bits per heavy atom. The first-order valence-corrected chi connectivity index (χ1v) is 10.5. The summed E-state index contributed by atoms with van der Waals surface area (Å²) >= 11 is 0. The van der Waals surface area contributed by atoms with Crippen molar-refractivity contribution in [2.24, 2.45) is 11.8 Å². The first kappa shape index (κ1) is 22.2. The highest BCUT2D eigenvalue weighted by Crippen LogP contribution is 2.36. The fourth-order valence-corrected chi connectivity index (χ4v) is 4.42. The SMILES string of the molecule is Cc1nc(NC2CC(Cn3nc(C(F)(F)F)cc3N)C2)nc2c1NC(=O)C(C(C)C)N2C. The number of aromatic nitrogens is 4. The summed E-state index contributed by atoms with van der Waals surface area (Å²) in [5.41, 5.74) is 5.99. The molecule has 12 heteroatoms. The maximum atomic E-state index is 12.8. The number of anilines is 4. The summed E-state index contributed by atoms with van der Waals surface area (Å²) in [6, 6.07) is 0.636. The topological polar surface area (TPSA) is 114 Å². The lowest BCUT2D eigenvalue weighted by Crippen LogP contribution is -2.50. The molecule has 0 radical (unpaired) electrons. The molecule has 2 aromatic rings. The van der Waals surface area contributed by atoms with Crippen molar-refractivity contribution in [1.29, 1.82) is 0 Å². The summed E-state index contributed by atoms with van der Waals surface area (Å²) in [6.07, 6.45) is -3.03. The molecular weight excluding hydrogens is 425 g/mol. The van der Waals surface area contributed by atoms with Gasteiger partial charge in [0.15, 0.2) is 11.5 Å². The molecule has 0 aromatic carbocycles. The molecule has 2 aliphatic rings. The average Bonchev–Trinajstić information content (AvgIpc) is 3.02. The molecule has 0 bridgehead atoms. The number of nitrogens with two attached hydrogens (primary N) is 1. The molecule has 0 spiro atoms. The van der Waals surface area contributed by atoms with Crippen LogP contribution in [0.15, 0.2) is 6.07 Å². The standard InChI is InChI=1S/C20H27F3N8O/c1-9(2)16-18(32)27-15-10(3)25-19(28-17(15)30(16)4)26-12-5-11(6-12)8-31-14(24)7-13(29-31)20(21,22)23/h7,9,11-12,16H,5-6,8,24H2,1-4H3,(H,27,32)(H,25,26,28). The van der Waals surface area contributed by atoms with Crippen molar-refractivity contribution in [2.45, 2.75) is 58.4 Å². The molecule has 1 unspecified atom stereocenters. The lowest BCUT2D eigenvalue weighted by molar-refractivity contribution is -0.141. The van der Waals surface area contributed by atoms with Crippen molar-refractivity contribution in [3.05, 3.63) is 17.5 Å². The predicted molar refractivity (Wildman–Crippen MR) is 114 cm³/mol. The molecule has 1 amide bonds. The van der Waals surface area contributed by atoms with Crippen molar-refractivity contribution in [1.82, 2.24) is 19.7 Å². The highest BCUT2D eigenvalue weighted by atomic mass is 19.4. The third-order valence-electron chi connectivity index (χ3n) is 6.07. The van der Waals surface area contributed by atoms with Gasteiger partial charge in [0.05, 0.1) is 5.69 Å². The number of fused-ring (bicyclic) bond motifs is 1. The van der Waals surface area contributed by atoms with E-state index >= 15 is 0 Å². The molecule has 9 nitrogen and oxygen atoms in total. The molecule has 174 valence electrons. The summed E-state index contributed by atoms with van der Waals surface area (Å²) in [6.45, 7) is 6.11. The highest BCUT2D eigenvalue weighted by Gasteiger charge is 2.37. The zero-order valence-corrected chi connectivity index (χ0v) is 18.4. The van der Waals surface area contributed by atoms with Crippen LogP contribution in [-0.2, 0) is 17.5 Å². The Labute approximate surface area is 183 Å². The van der Waals surface area contributed by atoms with Crippen LogP contribution in [0.5, 0.6) is 0 Å². The zero-order valence-electron chi connectivity index (χ0n) is 18.4. The Morgan fingerprint density at radius 3 is 2.59 bits per heavy atom. The second-order valence-corrected chi connectivity index (χ2v) is 8.93. The van der Waals surface area contributed by atoms with E-state index in [1.165, 1.54) is 4.68 Å². The van der Waals surface area contributed by atoms with Crippen LogP contribution in [0.1, 0.15) is 38.1 Å². The van der Waals surface area contributed by atoms with Gasteiger partial charge in [0.25, 0.3) is 0 Å². The van der Waals surface area contributed by atoms with Gasteiger partial charge in [-0.15, -0.1) is 0 Å². The molecule has 1 fully saturated rings. The number of aryl methyl sites for hydroxylation is 1. The lowest BCUT2D eigenvalue weighted by atomic mass is 9.80. The fraction of sp³-hybridized carbons (Fsp3) is 0.600. The van der Waals surface area contributed by atoms with Crippen LogP contribution in [0.25, 0.3) is 0 Å². The van der Waals surface area contributed by atoms with Crippen molar-refractivity contribution in [3.63, 3.8) is 0 Å². The van der Waals surface area contributed by atoms with E-state index in [9.17, 15) is 18.0 Å². The lowest BCUT2D eigenvalue weighted by Gasteiger charge is -2.38. The Hall–Kier alpha value is -3.05. The smallest absolute Gasteiger partial charge is 0.384 e. The first-order chi connectivity index (χ1) is 14.9.